The Morgan fingerprint density at radius 2 is 1.95 bits per heavy atom. The molecule has 0 heterocycles. The van der Waals surface area contributed by atoms with E-state index in [4.69, 9.17) is 0 Å². The Labute approximate surface area is 125 Å². The highest BCUT2D eigenvalue weighted by Crippen LogP contribution is 2.29. The molecule has 0 spiro atoms. The third-order valence-electron chi connectivity index (χ3n) is 3.92. The highest BCUT2D eigenvalue weighted by molar-refractivity contribution is 7.89. The molecule has 0 radical (unpaired) electrons. The van der Waals surface area contributed by atoms with Gasteiger partial charge in [0.15, 0.2) is 0 Å². The summed E-state index contributed by atoms with van der Waals surface area (Å²) >= 11 is 0. The zero-order valence-electron chi connectivity index (χ0n) is 11.9. The molecule has 6 heteroatoms. The minimum absolute atomic E-state index is 0.0102. The Kier molecular flexibility index (Phi) is 5.36. The number of rotatable bonds is 8. The van der Waals surface area contributed by atoms with Crippen LogP contribution in [0.15, 0.2) is 30.3 Å². The Morgan fingerprint density at radius 3 is 2.48 bits per heavy atom. The maximum absolute atomic E-state index is 12.0. The van der Waals surface area contributed by atoms with E-state index in [9.17, 15) is 18.3 Å². The Bertz CT molecular complexity index is 567. The van der Waals surface area contributed by atoms with Gasteiger partial charge in [-0.2, -0.15) is 0 Å². The summed E-state index contributed by atoms with van der Waals surface area (Å²) in [5.41, 5.74) is 0.798. The summed E-state index contributed by atoms with van der Waals surface area (Å²) in [6, 6.07) is 7.91. The summed E-state index contributed by atoms with van der Waals surface area (Å²) in [7, 11) is -3.55. The lowest BCUT2D eigenvalue weighted by molar-refractivity contribution is -0.138. The molecule has 2 rings (SSSR count). The smallest absolute Gasteiger partial charge is 0.322 e. The standard InChI is InChI=1S/C15H21NO4S/c17-15(18)14(11-13-5-2-1-3-6-13)16-21(19,20)10-9-12-7-4-8-12/h1-3,5-6,12,14,16H,4,7-11H2,(H,17,18)/t14-/m1/s1. The fraction of sp³-hybridized carbons (Fsp3) is 0.533. The Morgan fingerprint density at radius 1 is 1.29 bits per heavy atom. The lowest BCUT2D eigenvalue weighted by Crippen LogP contribution is -2.43. The summed E-state index contributed by atoms with van der Waals surface area (Å²) in [6.07, 6.45) is 4.11. The van der Waals surface area contributed by atoms with E-state index in [0.29, 0.717) is 12.3 Å². The van der Waals surface area contributed by atoms with Crippen molar-refractivity contribution in [2.45, 2.75) is 38.1 Å². The minimum atomic E-state index is -3.55. The van der Waals surface area contributed by atoms with E-state index in [0.717, 1.165) is 18.4 Å². The van der Waals surface area contributed by atoms with Crippen LogP contribution in [0.4, 0.5) is 0 Å². The van der Waals surface area contributed by atoms with Gasteiger partial charge in [0, 0.05) is 0 Å². The van der Waals surface area contributed by atoms with E-state index in [1.165, 1.54) is 6.42 Å². The number of carboxylic acids is 1. The SMILES string of the molecule is O=C(O)[C@@H](Cc1ccccc1)NS(=O)(=O)CCC1CCC1. The van der Waals surface area contributed by atoms with Gasteiger partial charge in [0.05, 0.1) is 5.75 Å². The molecule has 1 atom stereocenters. The van der Waals surface area contributed by atoms with Crippen LogP contribution in [0.3, 0.4) is 0 Å². The predicted octanol–water partition coefficient (Wildman–Crippen LogP) is 1.79. The fourth-order valence-corrected chi connectivity index (χ4v) is 3.79. The van der Waals surface area contributed by atoms with Crippen molar-refractivity contribution in [3.8, 4) is 0 Å². The summed E-state index contributed by atoms with van der Waals surface area (Å²) < 4.78 is 26.3. The van der Waals surface area contributed by atoms with Crippen LogP contribution >= 0.6 is 0 Å². The average Bonchev–Trinajstić information content (AvgIpc) is 2.36. The van der Waals surface area contributed by atoms with Crippen molar-refractivity contribution in [2.24, 2.45) is 5.92 Å². The zero-order valence-corrected chi connectivity index (χ0v) is 12.7. The predicted molar refractivity (Wildman–Crippen MR) is 80.5 cm³/mol. The first-order valence-electron chi connectivity index (χ1n) is 7.23. The Balaban J connectivity index is 1.93. The molecule has 0 aromatic heterocycles. The molecular formula is C15H21NO4S. The third kappa shape index (κ3) is 5.13. The van der Waals surface area contributed by atoms with Gasteiger partial charge < -0.3 is 5.11 Å². The second-order valence-corrected chi connectivity index (χ2v) is 7.48. The van der Waals surface area contributed by atoms with Gasteiger partial charge in [-0.3, -0.25) is 4.79 Å². The molecule has 1 aromatic rings. The second-order valence-electron chi connectivity index (χ2n) is 5.60. The average molecular weight is 311 g/mol. The van der Waals surface area contributed by atoms with Crippen molar-refractivity contribution < 1.29 is 18.3 Å². The molecule has 1 aliphatic carbocycles. The quantitative estimate of drug-likeness (QED) is 0.766. The van der Waals surface area contributed by atoms with Gasteiger partial charge in [-0.15, -0.1) is 0 Å². The number of hydrogen-bond acceptors (Lipinski definition) is 3. The summed E-state index contributed by atoms with van der Waals surface area (Å²) in [5.74, 6) is -0.652. The van der Waals surface area contributed by atoms with Crippen molar-refractivity contribution in [1.82, 2.24) is 4.72 Å². The van der Waals surface area contributed by atoms with E-state index in [1.54, 1.807) is 24.3 Å². The summed E-state index contributed by atoms with van der Waals surface area (Å²) in [5, 5.41) is 9.21. The van der Waals surface area contributed by atoms with Crippen LogP contribution in [0.25, 0.3) is 0 Å². The molecule has 1 fully saturated rings. The van der Waals surface area contributed by atoms with Crippen molar-refractivity contribution in [3.63, 3.8) is 0 Å². The van der Waals surface area contributed by atoms with Crippen molar-refractivity contribution in [2.75, 3.05) is 5.75 Å². The lowest BCUT2D eigenvalue weighted by Gasteiger charge is -2.25. The van der Waals surface area contributed by atoms with Crippen LogP contribution in [0.5, 0.6) is 0 Å². The van der Waals surface area contributed by atoms with Gasteiger partial charge >= 0.3 is 5.97 Å². The van der Waals surface area contributed by atoms with E-state index < -0.39 is 22.0 Å². The van der Waals surface area contributed by atoms with Crippen LogP contribution in [0.1, 0.15) is 31.2 Å². The maximum Gasteiger partial charge on any atom is 0.322 e. The molecule has 0 aliphatic heterocycles. The van der Waals surface area contributed by atoms with Crippen molar-refractivity contribution in [3.05, 3.63) is 35.9 Å². The minimum Gasteiger partial charge on any atom is -0.480 e. The third-order valence-corrected chi connectivity index (χ3v) is 5.34. The van der Waals surface area contributed by atoms with Gasteiger partial charge in [0.1, 0.15) is 6.04 Å². The fourth-order valence-electron chi connectivity index (χ4n) is 2.41. The van der Waals surface area contributed by atoms with E-state index in [2.05, 4.69) is 4.72 Å². The molecule has 5 nitrogen and oxygen atoms in total. The molecular weight excluding hydrogens is 290 g/mol. The number of nitrogens with one attached hydrogen (secondary N) is 1. The largest absolute Gasteiger partial charge is 0.480 e. The highest BCUT2D eigenvalue weighted by Gasteiger charge is 2.26. The van der Waals surface area contributed by atoms with Crippen LogP contribution < -0.4 is 4.72 Å². The number of benzene rings is 1. The molecule has 2 N–H and O–H groups in total. The van der Waals surface area contributed by atoms with Crippen LogP contribution in [0.2, 0.25) is 0 Å². The van der Waals surface area contributed by atoms with E-state index in [1.807, 2.05) is 6.07 Å². The van der Waals surface area contributed by atoms with Crippen LogP contribution in [0, 0.1) is 5.92 Å². The molecule has 0 bridgehead atoms. The number of carbonyl (C=O) groups is 1. The first-order chi connectivity index (χ1) is 9.96. The van der Waals surface area contributed by atoms with Gasteiger partial charge in [-0.25, -0.2) is 13.1 Å². The highest BCUT2D eigenvalue weighted by atomic mass is 32.2. The van der Waals surface area contributed by atoms with Gasteiger partial charge in [0.2, 0.25) is 10.0 Å². The molecule has 0 unspecified atom stereocenters. The summed E-state index contributed by atoms with van der Waals surface area (Å²) in [6.45, 7) is 0. The lowest BCUT2D eigenvalue weighted by atomic mass is 9.84. The summed E-state index contributed by atoms with van der Waals surface area (Å²) in [4.78, 5) is 11.3. The number of hydrogen-bond donors (Lipinski definition) is 2. The van der Waals surface area contributed by atoms with Gasteiger partial charge in [-0.1, -0.05) is 49.6 Å². The van der Waals surface area contributed by atoms with Crippen LogP contribution in [-0.2, 0) is 21.2 Å². The molecule has 1 saturated carbocycles. The monoisotopic (exact) mass is 311 g/mol. The molecule has 1 aliphatic rings. The number of sulfonamides is 1. The van der Waals surface area contributed by atoms with E-state index in [-0.39, 0.29) is 12.2 Å². The van der Waals surface area contributed by atoms with Gasteiger partial charge in [-0.05, 0) is 24.3 Å². The zero-order chi connectivity index (χ0) is 15.3. The number of aliphatic carboxylic acids is 1. The van der Waals surface area contributed by atoms with Crippen molar-refractivity contribution in [1.29, 1.82) is 0 Å². The molecule has 0 saturated heterocycles. The maximum atomic E-state index is 12.0. The molecule has 0 amide bonds. The molecule has 116 valence electrons. The first kappa shape index (κ1) is 16.0. The molecule has 21 heavy (non-hydrogen) atoms. The van der Waals surface area contributed by atoms with Crippen molar-refractivity contribution >= 4 is 16.0 Å². The van der Waals surface area contributed by atoms with E-state index >= 15 is 0 Å². The Hall–Kier alpha value is -1.40. The first-order valence-corrected chi connectivity index (χ1v) is 8.88. The number of carboxylic acid groups (broad SMARTS) is 1. The molecule has 1 aromatic carbocycles. The second kappa shape index (κ2) is 7.04. The van der Waals surface area contributed by atoms with Crippen LogP contribution in [-0.4, -0.2) is 31.3 Å². The normalized spacial score (nSPS) is 17.1. The topological polar surface area (TPSA) is 83.5 Å². The van der Waals surface area contributed by atoms with Gasteiger partial charge in [0.25, 0.3) is 0 Å².